The Morgan fingerprint density at radius 1 is 1.10 bits per heavy atom. The Morgan fingerprint density at radius 2 is 1.90 bits per heavy atom. The molecule has 0 bridgehead atoms. The highest BCUT2D eigenvalue weighted by atomic mass is 16.7. The van der Waals surface area contributed by atoms with Crippen LogP contribution in [-0.4, -0.2) is 56.1 Å². The predicted molar refractivity (Wildman–Crippen MR) is 81.9 cm³/mol. The van der Waals surface area contributed by atoms with Crippen LogP contribution in [0.3, 0.4) is 0 Å². The molecule has 0 saturated carbocycles. The summed E-state index contributed by atoms with van der Waals surface area (Å²) in [6.45, 7) is 9.10. The normalized spacial score (nSPS) is 28.4. The van der Waals surface area contributed by atoms with E-state index in [1.165, 1.54) is 45.2 Å². The zero-order valence-corrected chi connectivity index (χ0v) is 13.3. The molecule has 0 radical (unpaired) electrons. The predicted octanol–water partition coefficient (Wildman–Crippen LogP) is 2.38. The summed E-state index contributed by atoms with van der Waals surface area (Å²) < 4.78 is 11.3. The van der Waals surface area contributed by atoms with Crippen molar-refractivity contribution >= 4 is 0 Å². The molecule has 4 heteroatoms. The fraction of sp³-hybridized carbons (Fsp3) is 1.00. The number of hydrogen-bond donors (Lipinski definition) is 1. The van der Waals surface area contributed by atoms with Gasteiger partial charge in [0.15, 0.2) is 6.29 Å². The average molecular weight is 284 g/mol. The summed E-state index contributed by atoms with van der Waals surface area (Å²) in [5.41, 5.74) is 0. The molecule has 2 heterocycles. The van der Waals surface area contributed by atoms with Crippen molar-refractivity contribution in [2.45, 2.75) is 70.7 Å². The minimum atomic E-state index is -0.0240. The van der Waals surface area contributed by atoms with Crippen LogP contribution in [-0.2, 0) is 9.47 Å². The molecule has 0 aromatic carbocycles. The maximum atomic E-state index is 5.67. The number of nitrogens with zero attached hydrogens (tertiary/aromatic N) is 1. The molecule has 2 aliphatic heterocycles. The molecule has 0 aromatic heterocycles. The Labute approximate surface area is 124 Å². The quantitative estimate of drug-likeness (QED) is 0.694. The topological polar surface area (TPSA) is 33.7 Å². The van der Waals surface area contributed by atoms with Crippen LogP contribution in [0, 0.1) is 0 Å². The molecule has 2 rings (SSSR count). The minimum absolute atomic E-state index is 0.0240. The van der Waals surface area contributed by atoms with Gasteiger partial charge in [0.1, 0.15) is 0 Å². The van der Waals surface area contributed by atoms with Crippen molar-refractivity contribution in [3.63, 3.8) is 0 Å². The van der Waals surface area contributed by atoms with Crippen LogP contribution in [0.15, 0.2) is 0 Å². The van der Waals surface area contributed by atoms with Gasteiger partial charge in [0.05, 0.1) is 0 Å². The van der Waals surface area contributed by atoms with E-state index in [1.807, 2.05) is 13.8 Å². The van der Waals surface area contributed by atoms with Crippen LogP contribution in [0.1, 0.15) is 52.4 Å². The molecule has 2 aliphatic rings. The molecule has 118 valence electrons. The second-order valence-corrected chi connectivity index (χ2v) is 5.93. The zero-order chi connectivity index (χ0) is 14.2. The van der Waals surface area contributed by atoms with Crippen molar-refractivity contribution in [1.82, 2.24) is 10.2 Å². The maximum Gasteiger partial charge on any atom is 0.158 e. The van der Waals surface area contributed by atoms with Gasteiger partial charge in [-0.15, -0.1) is 0 Å². The molecule has 2 fully saturated rings. The third kappa shape index (κ3) is 4.69. The van der Waals surface area contributed by atoms with E-state index in [2.05, 4.69) is 10.2 Å². The molecule has 2 atom stereocenters. The summed E-state index contributed by atoms with van der Waals surface area (Å²) in [5, 5.41) is 3.69. The van der Waals surface area contributed by atoms with Gasteiger partial charge in [-0.1, -0.05) is 6.42 Å². The summed E-state index contributed by atoms with van der Waals surface area (Å²) in [6, 6.07) is 1.45. The molecule has 0 aliphatic carbocycles. The van der Waals surface area contributed by atoms with E-state index in [9.17, 15) is 0 Å². The van der Waals surface area contributed by atoms with Crippen molar-refractivity contribution in [2.24, 2.45) is 0 Å². The van der Waals surface area contributed by atoms with Crippen LogP contribution >= 0.6 is 0 Å². The Kier molecular flexibility index (Phi) is 7.28. The molecule has 4 nitrogen and oxygen atoms in total. The lowest BCUT2D eigenvalue weighted by Gasteiger charge is -2.39. The van der Waals surface area contributed by atoms with Gasteiger partial charge in [-0.2, -0.15) is 0 Å². The lowest BCUT2D eigenvalue weighted by molar-refractivity contribution is -0.143. The Balaban J connectivity index is 1.81. The standard InChI is InChI=1S/C16H32N2O2/c1-3-19-16(20-4-2)10-13-18-12-6-5-9-15(18)14-8-7-11-17-14/h14-17H,3-13H2,1-2H3. The van der Waals surface area contributed by atoms with Crippen molar-refractivity contribution in [1.29, 1.82) is 0 Å². The summed E-state index contributed by atoms with van der Waals surface area (Å²) >= 11 is 0. The molecule has 1 N–H and O–H groups in total. The third-order valence-corrected chi connectivity index (χ3v) is 4.58. The second-order valence-electron chi connectivity index (χ2n) is 5.93. The highest BCUT2D eigenvalue weighted by Crippen LogP contribution is 2.24. The van der Waals surface area contributed by atoms with E-state index >= 15 is 0 Å². The molecule has 2 unspecified atom stereocenters. The van der Waals surface area contributed by atoms with Gasteiger partial charge in [-0.05, 0) is 52.6 Å². The largest absolute Gasteiger partial charge is 0.353 e. The van der Waals surface area contributed by atoms with Gasteiger partial charge in [0.2, 0.25) is 0 Å². The molecule has 2 saturated heterocycles. The zero-order valence-electron chi connectivity index (χ0n) is 13.3. The number of likely N-dealkylation sites (tertiary alicyclic amines) is 1. The van der Waals surface area contributed by atoms with Crippen molar-refractivity contribution in [3.05, 3.63) is 0 Å². The van der Waals surface area contributed by atoms with Crippen molar-refractivity contribution < 1.29 is 9.47 Å². The minimum Gasteiger partial charge on any atom is -0.353 e. The lowest BCUT2D eigenvalue weighted by atomic mass is 9.94. The summed E-state index contributed by atoms with van der Waals surface area (Å²) in [5.74, 6) is 0. The van der Waals surface area contributed by atoms with Crippen LogP contribution in [0.4, 0.5) is 0 Å². The van der Waals surface area contributed by atoms with E-state index in [0.717, 1.165) is 32.2 Å². The van der Waals surface area contributed by atoms with E-state index in [4.69, 9.17) is 9.47 Å². The number of nitrogens with one attached hydrogen (secondary N) is 1. The van der Waals surface area contributed by atoms with Crippen LogP contribution in [0.5, 0.6) is 0 Å². The smallest absolute Gasteiger partial charge is 0.158 e. The van der Waals surface area contributed by atoms with Crippen molar-refractivity contribution in [3.8, 4) is 0 Å². The van der Waals surface area contributed by atoms with Gasteiger partial charge in [0, 0.05) is 38.3 Å². The number of rotatable bonds is 8. The number of piperidine rings is 1. The summed E-state index contributed by atoms with van der Waals surface area (Å²) in [6.07, 6.45) is 7.74. The van der Waals surface area contributed by atoms with Gasteiger partial charge in [-0.25, -0.2) is 0 Å². The number of hydrogen-bond acceptors (Lipinski definition) is 4. The highest BCUT2D eigenvalue weighted by Gasteiger charge is 2.31. The Morgan fingerprint density at radius 3 is 2.55 bits per heavy atom. The lowest BCUT2D eigenvalue weighted by Crippen LogP contribution is -2.50. The van der Waals surface area contributed by atoms with E-state index in [0.29, 0.717) is 6.04 Å². The first-order valence-electron chi connectivity index (χ1n) is 8.55. The van der Waals surface area contributed by atoms with Crippen LogP contribution in [0.2, 0.25) is 0 Å². The summed E-state index contributed by atoms with van der Waals surface area (Å²) in [7, 11) is 0. The molecule has 0 aromatic rings. The first kappa shape index (κ1) is 16.2. The fourth-order valence-electron chi connectivity index (χ4n) is 3.65. The van der Waals surface area contributed by atoms with Crippen LogP contribution in [0.25, 0.3) is 0 Å². The van der Waals surface area contributed by atoms with Gasteiger partial charge >= 0.3 is 0 Å². The fourth-order valence-corrected chi connectivity index (χ4v) is 3.65. The van der Waals surface area contributed by atoms with Gasteiger partial charge in [-0.3, -0.25) is 4.90 Å². The average Bonchev–Trinajstić information content (AvgIpc) is 2.99. The molecular weight excluding hydrogens is 252 g/mol. The van der Waals surface area contributed by atoms with E-state index in [-0.39, 0.29) is 6.29 Å². The third-order valence-electron chi connectivity index (χ3n) is 4.58. The van der Waals surface area contributed by atoms with Gasteiger partial charge in [0.25, 0.3) is 0 Å². The van der Waals surface area contributed by atoms with Gasteiger partial charge < -0.3 is 14.8 Å². The second kappa shape index (κ2) is 8.98. The first-order chi connectivity index (χ1) is 9.85. The van der Waals surface area contributed by atoms with E-state index < -0.39 is 0 Å². The first-order valence-corrected chi connectivity index (χ1v) is 8.55. The molecule has 0 amide bonds. The number of ether oxygens (including phenoxy) is 2. The molecule has 0 spiro atoms. The monoisotopic (exact) mass is 284 g/mol. The van der Waals surface area contributed by atoms with Crippen molar-refractivity contribution in [2.75, 3.05) is 32.8 Å². The highest BCUT2D eigenvalue weighted by molar-refractivity contribution is 4.90. The van der Waals surface area contributed by atoms with Crippen LogP contribution < -0.4 is 5.32 Å². The SMILES string of the molecule is CCOC(CCN1CCCCC1C1CCCN1)OCC. The molecule has 20 heavy (non-hydrogen) atoms. The maximum absolute atomic E-state index is 5.67. The molecular formula is C16H32N2O2. The summed E-state index contributed by atoms with van der Waals surface area (Å²) in [4.78, 5) is 2.68. The van der Waals surface area contributed by atoms with E-state index in [1.54, 1.807) is 0 Å². The Bertz CT molecular complexity index is 251. The Hall–Kier alpha value is -0.160.